The Balaban J connectivity index is 1.95. The summed E-state index contributed by atoms with van der Waals surface area (Å²) in [4.78, 5) is 14.2. The average Bonchev–Trinajstić information content (AvgIpc) is 2.56. The van der Waals surface area contributed by atoms with Gasteiger partial charge in [-0.2, -0.15) is 0 Å². The summed E-state index contributed by atoms with van der Waals surface area (Å²) in [6.07, 6.45) is 5.85. The van der Waals surface area contributed by atoms with Gasteiger partial charge in [-0.25, -0.2) is 4.79 Å². The third-order valence-electron chi connectivity index (χ3n) is 3.74. The summed E-state index contributed by atoms with van der Waals surface area (Å²) in [7, 11) is 0. The number of rotatable bonds is 3. The number of nitrogens with zero attached hydrogens (tertiary/aromatic N) is 1. The molecule has 4 nitrogen and oxygen atoms in total. The van der Waals surface area contributed by atoms with Crippen LogP contribution in [0.1, 0.15) is 46.5 Å². The number of carbonyl (C=O) groups is 1. The van der Waals surface area contributed by atoms with Gasteiger partial charge in [0.25, 0.3) is 0 Å². The van der Waals surface area contributed by atoms with Crippen LogP contribution < -0.4 is 0 Å². The van der Waals surface area contributed by atoms with Crippen molar-refractivity contribution in [2.75, 3.05) is 6.61 Å². The number of piperidine rings is 1. The van der Waals surface area contributed by atoms with Gasteiger partial charge in [-0.05, 0) is 46.5 Å². The van der Waals surface area contributed by atoms with E-state index in [4.69, 9.17) is 9.47 Å². The lowest BCUT2D eigenvalue weighted by Crippen LogP contribution is -2.50. The summed E-state index contributed by atoms with van der Waals surface area (Å²) in [5, 5.41) is 0. The molecule has 2 aliphatic heterocycles. The molecule has 2 rings (SSSR count). The van der Waals surface area contributed by atoms with E-state index in [-0.39, 0.29) is 24.3 Å². The lowest BCUT2D eigenvalue weighted by molar-refractivity contribution is -0.0281. The number of amides is 1. The maximum Gasteiger partial charge on any atom is 0.410 e. The SMILES string of the molecule is C=CCO[C@H]1C[C@H]2CC[C@@H](C1)N2C(=O)OC(C)(C)C. The van der Waals surface area contributed by atoms with Crippen LogP contribution in [0.3, 0.4) is 0 Å². The molecule has 2 aliphatic rings. The molecule has 0 radical (unpaired) electrons. The van der Waals surface area contributed by atoms with Crippen LogP contribution in [0, 0.1) is 0 Å². The van der Waals surface area contributed by atoms with E-state index in [1.807, 2.05) is 25.7 Å². The Kier molecular flexibility index (Phi) is 4.19. The molecule has 0 saturated carbocycles. The number of fused-ring (bicyclic) bond motifs is 2. The number of ether oxygens (including phenoxy) is 2. The standard InChI is InChI=1S/C15H25NO3/c1-5-8-18-13-9-11-6-7-12(10-13)16(11)14(17)19-15(2,3)4/h5,11-13H,1,6-10H2,2-4H3/t11-,12+,13+. The lowest BCUT2D eigenvalue weighted by Gasteiger charge is -2.39. The molecule has 0 aromatic carbocycles. The number of hydrogen-bond acceptors (Lipinski definition) is 3. The van der Waals surface area contributed by atoms with Crippen molar-refractivity contribution in [2.24, 2.45) is 0 Å². The molecule has 108 valence electrons. The van der Waals surface area contributed by atoms with E-state index >= 15 is 0 Å². The lowest BCUT2D eigenvalue weighted by atomic mass is 10.0. The second-order valence-corrected chi connectivity index (χ2v) is 6.49. The molecule has 2 bridgehead atoms. The van der Waals surface area contributed by atoms with Crippen LogP contribution in [0.15, 0.2) is 12.7 Å². The first-order chi connectivity index (χ1) is 8.90. The molecule has 2 fully saturated rings. The van der Waals surface area contributed by atoms with Crippen LogP contribution >= 0.6 is 0 Å². The van der Waals surface area contributed by atoms with Crippen LogP contribution in [0.5, 0.6) is 0 Å². The zero-order chi connectivity index (χ0) is 14.0. The van der Waals surface area contributed by atoms with E-state index in [9.17, 15) is 4.79 Å². The van der Waals surface area contributed by atoms with Crippen molar-refractivity contribution >= 4 is 6.09 Å². The minimum Gasteiger partial charge on any atom is -0.444 e. The summed E-state index contributed by atoms with van der Waals surface area (Å²) < 4.78 is 11.2. The molecule has 0 aliphatic carbocycles. The Labute approximate surface area is 115 Å². The fourth-order valence-electron chi connectivity index (χ4n) is 3.08. The number of carbonyl (C=O) groups excluding carboxylic acids is 1. The van der Waals surface area contributed by atoms with E-state index in [0.29, 0.717) is 6.61 Å². The monoisotopic (exact) mass is 267 g/mol. The molecule has 0 aromatic rings. The van der Waals surface area contributed by atoms with Gasteiger partial charge < -0.3 is 14.4 Å². The third-order valence-corrected chi connectivity index (χ3v) is 3.74. The molecule has 0 N–H and O–H groups in total. The predicted octanol–water partition coefficient (Wildman–Crippen LogP) is 3.12. The highest BCUT2D eigenvalue weighted by Gasteiger charge is 2.45. The summed E-state index contributed by atoms with van der Waals surface area (Å²) in [6.45, 7) is 9.99. The van der Waals surface area contributed by atoms with Gasteiger partial charge in [0.1, 0.15) is 5.60 Å². The minimum atomic E-state index is -0.424. The highest BCUT2D eigenvalue weighted by Crippen LogP contribution is 2.37. The quantitative estimate of drug-likeness (QED) is 0.737. The second-order valence-electron chi connectivity index (χ2n) is 6.49. The maximum atomic E-state index is 12.2. The maximum absolute atomic E-state index is 12.2. The van der Waals surface area contributed by atoms with Crippen molar-refractivity contribution in [3.63, 3.8) is 0 Å². The van der Waals surface area contributed by atoms with Gasteiger partial charge in [0, 0.05) is 12.1 Å². The van der Waals surface area contributed by atoms with Crippen molar-refractivity contribution < 1.29 is 14.3 Å². The molecule has 0 unspecified atom stereocenters. The molecule has 0 aromatic heterocycles. The second kappa shape index (κ2) is 5.53. The highest BCUT2D eigenvalue weighted by molar-refractivity contribution is 5.69. The highest BCUT2D eigenvalue weighted by atomic mass is 16.6. The summed E-state index contributed by atoms with van der Waals surface area (Å²) >= 11 is 0. The van der Waals surface area contributed by atoms with Crippen molar-refractivity contribution in [1.29, 1.82) is 0 Å². The van der Waals surface area contributed by atoms with Gasteiger partial charge in [0.15, 0.2) is 0 Å². The first-order valence-corrected chi connectivity index (χ1v) is 7.14. The molecule has 19 heavy (non-hydrogen) atoms. The zero-order valence-electron chi connectivity index (χ0n) is 12.2. The fourth-order valence-corrected chi connectivity index (χ4v) is 3.08. The van der Waals surface area contributed by atoms with E-state index in [1.165, 1.54) is 0 Å². The third kappa shape index (κ3) is 3.50. The van der Waals surface area contributed by atoms with Crippen molar-refractivity contribution in [3.8, 4) is 0 Å². The molecule has 1 amide bonds. The van der Waals surface area contributed by atoms with Crippen LogP contribution in [-0.2, 0) is 9.47 Å². The van der Waals surface area contributed by atoms with Crippen molar-refractivity contribution in [1.82, 2.24) is 4.90 Å². The summed E-state index contributed by atoms with van der Waals surface area (Å²) in [6, 6.07) is 0.562. The van der Waals surface area contributed by atoms with Gasteiger partial charge in [-0.3, -0.25) is 0 Å². The Bertz CT molecular complexity index is 334. The van der Waals surface area contributed by atoms with E-state index in [2.05, 4.69) is 6.58 Å². The summed E-state index contributed by atoms with van der Waals surface area (Å²) in [5.74, 6) is 0. The fraction of sp³-hybridized carbons (Fsp3) is 0.800. The van der Waals surface area contributed by atoms with Gasteiger partial charge in [0.2, 0.25) is 0 Å². The summed E-state index contributed by atoms with van der Waals surface area (Å²) in [5.41, 5.74) is -0.424. The van der Waals surface area contributed by atoms with Crippen LogP contribution in [-0.4, -0.2) is 41.4 Å². The Morgan fingerprint density at radius 3 is 2.37 bits per heavy atom. The largest absolute Gasteiger partial charge is 0.444 e. The smallest absolute Gasteiger partial charge is 0.410 e. The van der Waals surface area contributed by atoms with Crippen molar-refractivity contribution in [3.05, 3.63) is 12.7 Å². The van der Waals surface area contributed by atoms with Gasteiger partial charge in [-0.1, -0.05) is 6.08 Å². The molecule has 2 heterocycles. The van der Waals surface area contributed by atoms with Crippen LogP contribution in [0.25, 0.3) is 0 Å². The van der Waals surface area contributed by atoms with Gasteiger partial charge >= 0.3 is 6.09 Å². The Hall–Kier alpha value is -1.03. The topological polar surface area (TPSA) is 38.8 Å². The molecular formula is C15H25NO3. The van der Waals surface area contributed by atoms with Gasteiger partial charge in [0.05, 0.1) is 12.7 Å². The van der Waals surface area contributed by atoms with Gasteiger partial charge in [-0.15, -0.1) is 6.58 Å². The Morgan fingerprint density at radius 2 is 1.89 bits per heavy atom. The molecule has 0 spiro atoms. The normalized spacial score (nSPS) is 30.3. The van der Waals surface area contributed by atoms with E-state index < -0.39 is 5.60 Å². The van der Waals surface area contributed by atoms with E-state index in [1.54, 1.807) is 6.08 Å². The predicted molar refractivity (Wildman–Crippen MR) is 74.1 cm³/mol. The Morgan fingerprint density at radius 1 is 1.32 bits per heavy atom. The first kappa shape index (κ1) is 14.4. The molecule has 2 saturated heterocycles. The average molecular weight is 267 g/mol. The first-order valence-electron chi connectivity index (χ1n) is 7.14. The van der Waals surface area contributed by atoms with E-state index in [0.717, 1.165) is 25.7 Å². The molecular weight excluding hydrogens is 242 g/mol. The minimum absolute atomic E-state index is 0.165. The van der Waals surface area contributed by atoms with Crippen molar-refractivity contribution in [2.45, 2.75) is 70.2 Å². The molecule has 3 atom stereocenters. The van der Waals surface area contributed by atoms with Crippen LogP contribution in [0.2, 0.25) is 0 Å². The molecule has 4 heteroatoms. The van der Waals surface area contributed by atoms with Crippen LogP contribution in [0.4, 0.5) is 4.79 Å². The zero-order valence-corrected chi connectivity index (χ0v) is 12.2. The number of hydrogen-bond donors (Lipinski definition) is 0.